The molecule has 1 heterocycles. The second-order valence-electron chi connectivity index (χ2n) is 6.36. The number of hydrogen-bond acceptors (Lipinski definition) is 4. The van der Waals surface area contributed by atoms with Gasteiger partial charge in [-0.3, -0.25) is 0 Å². The van der Waals surface area contributed by atoms with E-state index >= 15 is 0 Å². The molecule has 0 saturated carbocycles. The van der Waals surface area contributed by atoms with Gasteiger partial charge < -0.3 is 9.63 Å². The monoisotopic (exact) mass is 296 g/mol. The van der Waals surface area contributed by atoms with Crippen molar-refractivity contribution in [2.24, 2.45) is 0 Å². The highest BCUT2D eigenvalue weighted by molar-refractivity contribution is 5.94. The molecule has 4 heteroatoms. The topological polar surface area (TPSA) is 70.1 Å². The zero-order valence-corrected chi connectivity index (χ0v) is 13.6. The molecular formula is C18H20N2O2. The average molecular weight is 296 g/mol. The molecular weight excluding hydrogens is 276 g/mol. The summed E-state index contributed by atoms with van der Waals surface area (Å²) in [7, 11) is 0. The highest BCUT2D eigenvalue weighted by Gasteiger charge is 2.19. The van der Waals surface area contributed by atoms with Crippen molar-refractivity contribution in [3.8, 4) is 6.07 Å². The number of aliphatic hydroxyl groups excluding tert-OH is 1. The number of allylic oxidation sites excluding steroid dienone is 1. The van der Waals surface area contributed by atoms with Gasteiger partial charge in [0.25, 0.3) is 0 Å². The van der Waals surface area contributed by atoms with Gasteiger partial charge in [0.2, 0.25) is 0 Å². The van der Waals surface area contributed by atoms with Crippen molar-refractivity contribution in [1.82, 2.24) is 5.16 Å². The fourth-order valence-corrected chi connectivity index (χ4v) is 2.34. The molecule has 0 radical (unpaired) electrons. The summed E-state index contributed by atoms with van der Waals surface area (Å²) in [6.07, 6.45) is 0. The normalized spacial score (nSPS) is 12.7. The van der Waals surface area contributed by atoms with Gasteiger partial charge in [-0.05, 0) is 30.4 Å². The first-order chi connectivity index (χ1) is 10.3. The Bertz CT molecular complexity index is 734. The molecule has 2 rings (SSSR count). The van der Waals surface area contributed by atoms with E-state index in [1.165, 1.54) is 5.56 Å². The van der Waals surface area contributed by atoms with E-state index in [0.717, 1.165) is 0 Å². The molecule has 2 aromatic rings. The van der Waals surface area contributed by atoms with Crippen LogP contribution in [0.5, 0.6) is 0 Å². The number of nitrogens with zero attached hydrogens (tertiary/aromatic N) is 2. The Morgan fingerprint density at radius 1 is 1.18 bits per heavy atom. The number of hydrogen-bond donors (Lipinski definition) is 1. The molecule has 0 bridgehead atoms. The van der Waals surface area contributed by atoms with E-state index in [0.29, 0.717) is 22.6 Å². The van der Waals surface area contributed by atoms with Crippen molar-refractivity contribution in [1.29, 1.82) is 5.26 Å². The second kappa shape index (κ2) is 5.69. The lowest BCUT2D eigenvalue weighted by Crippen LogP contribution is -2.10. The Morgan fingerprint density at radius 3 is 2.18 bits per heavy atom. The van der Waals surface area contributed by atoms with Gasteiger partial charge in [0, 0.05) is 0 Å². The Hall–Kier alpha value is -2.54. The summed E-state index contributed by atoms with van der Waals surface area (Å²) >= 11 is 0. The highest BCUT2D eigenvalue weighted by Crippen LogP contribution is 2.30. The van der Waals surface area contributed by atoms with Crippen molar-refractivity contribution in [3.05, 3.63) is 52.4 Å². The highest BCUT2D eigenvalue weighted by atomic mass is 16.5. The summed E-state index contributed by atoms with van der Waals surface area (Å²) < 4.78 is 5.06. The molecule has 1 aromatic heterocycles. The van der Waals surface area contributed by atoms with E-state index in [-0.39, 0.29) is 16.7 Å². The minimum atomic E-state index is -0.0951. The maximum Gasteiger partial charge on any atom is 0.146 e. The van der Waals surface area contributed by atoms with Crippen LogP contribution in [0.25, 0.3) is 11.3 Å². The lowest BCUT2D eigenvalue weighted by atomic mass is 9.86. The molecule has 0 amide bonds. The van der Waals surface area contributed by atoms with Gasteiger partial charge in [-0.15, -0.1) is 0 Å². The van der Waals surface area contributed by atoms with Crippen LogP contribution < -0.4 is 0 Å². The number of aryl methyl sites for hydroxylation is 2. The third-order valence-corrected chi connectivity index (χ3v) is 3.66. The third kappa shape index (κ3) is 2.89. The molecule has 114 valence electrons. The molecule has 0 aliphatic heterocycles. The minimum Gasteiger partial charge on any atom is -0.506 e. The average Bonchev–Trinajstić information content (AvgIpc) is 2.78. The van der Waals surface area contributed by atoms with Crippen LogP contribution >= 0.6 is 0 Å². The summed E-state index contributed by atoms with van der Waals surface area (Å²) in [5, 5.41) is 23.7. The number of rotatable bonds is 2. The maximum absolute atomic E-state index is 10.5. The van der Waals surface area contributed by atoms with E-state index in [4.69, 9.17) is 4.52 Å². The number of aromatic nitrogens is 1. The lowest BCUT2D eigenvalue weighted by Gasteiger charge is -2.19. The summed E-state index contributed by atoms with van der Waals surface area (Å²) in [5.41, 5.74) is 3.15. The second-order valence-corrected chi connectivity index (χ2v) is 6.36. The summed E-state index contributed by atoms with van der Waals surface area (Å²) in [6.45, 7) is 9.84. The van der Waals surface area contributed by atoms with Crippen LogP contribution in [0.2, 0.25) is 0 Å². The maximum atomic E-state index is 10.5. The van der Waals surface area contributed by atoms with Gasteiger partial charge in [0.15, 0.2) is 0 Å². The minimum absolute atomic E-state index is 0.0404. The van der Waals surface area contributed by atoms with E-state index in [1.54, 1.807) is 13.8 Å². The number of aliphatic hydroxyl groups is 1. The molecule has 4 nitrogen and oxygen atoms in total. The van der Waals surface area contributed by atoms with Gasteiger partial charge in [-0.1, -0.05) is 50.2 Å². The van der Waals surface area contributed by atoms with Crippen LogP contribution in [0.4, 0.5) is 0 Å². The molecule has 1 N–H and O–H groups in total. The Balaban J connectivity index is 2.53. The van der Waals surface area contributed by atoms with Crippen LogP contribution in [0.15, 0.2) is 28.8 Å². The molecule has 0 saturated heterocycles. The van der Waals surface area contributed by atoms with Gasteiger partial charge in [0.1, 0.15) is 23.2 Å². The van der Waals surface area contributed by atoms with Crippen molar-refractivity contribution >= 4 is 11.3 Å². The molecule has 0 spiro atoms. The third-order valence-electron chi connectivity index (χ3n) is 3.66. The molecule has 0 aliphatic carbocycles. The number of benzene rings is 1. The predicted molar refractivity (Wildman–Crippen MR) is 86.2 cm³/mol. The van der Waals surface area contributed by atoms with Crippen LogP contribution in [0.3, 0.4) is 0 Å². The van der Waals surface area contributed by atoms with E-state index in [2.05, 4.69) is 32.0 Å². The molecule has 0 aliphatic rings. The lowest BCUT2D eigenvalue weighted by molar-refractivity contribution is 0.392. The largest absolute Gasteiger partial charge is 0.506 e. The van der Waals surface area contributed by atoms with E-state index < -0.39 is 0 Å². The van der Waals surface area contributed by atoms with Gasteiger partial charge in [-0.2, -0.15) is 5.26 Å². The van der Waals surface area contributed by atoms with Crippen LogP contribution in [0.1, 0.15) is 48.9 Å². The summed E-state index contributed by atoms with van der Waals surface area (Å²) in [5.74, 6) is 0.399. The zero-order valence-electron chi connectivity index (χ0n) is 13.6. The molecule has 0 atom stereocenters. The zero-order chi connectivity index (χ0) is 16.5. The van der Waals surface area contributed by atoms with Gasteiger partial charge >= 0.3 is 0 Å². The van der Waals surface area contributed by atoms with Gasteiger partial charge in [-0.25, -0.2) is 0 Å². The van der Waals surface area contributed by atoms with Crippen LogP contribution in [-0.2, 0) is 5.41 Å². The molecule has 0 unspecified atom stereocenters. The SMILES string of the molecule is Cc1noc(C)c1C(O)=C(C#N)c1ccc(C(C)(C)C)cc1. The molecule has 1 aromatic carbocycles. The summed E-state index contributed by atoms with van der Waals surface area (Å²) in [6, 6.07) is 9.75. The smallest absolute Gasteiger partial charge is 0.146 e. The van der Waals surface area contributed by atoms with Crippen LogP contribution in [0, 0.1) is 25.2 Å². The van der Waals surface area contributed by atoms with Crippen LogP contribution in [-0.4, -0.2) is 10.3 Å². The first-order valence-electron chi connectivity index (χ1n) is 7.13. The quantitative estimate of drug-likeness (QED) is 0.652. The van der Waals surface area contributed by atoms with Gasteiger partial charge in [0.05, 0.1) is 11.3 Å². The Labute approximate surface area is 130 Å². The standard InChI is InChI=1S/C18H20N2O2/c1-11-16(12(2)22-20-11)17(21)15(10-19)13-6-8-14(9-7-13)18(3,4)5/h6-9,21H,1-5H3. The molecule has 0 fully saturated rings. The Morgan fingerprint density at radius 2 is 1.77 bits per heavy atom. The van der Waals surface area contributed by atoms with E-state index in [9.17, 15) is 10.4 Å². The fraction of sp³-hybridized carbons (Fsp3) is 0.333. The predicted octanol–water partition coefficient (Wildman–Crippen LogP) is 4.54. The Kier molecular flexibility index (Phi) is 4.09. The van der Waals surface area contributed by atoms with Crippen molar-refractivity contribution in [2.75, 3.05) is 0 Å². The van der Waals surface area contributed by atoms with Crippen molar-refractivity contribution < 1.29 is 9.63 Å². The first-order valence-corrected chi connectivity index (χ1v) is 7.13. The van der Waals surface area contributed by atoms with Crippen molar-refractivity contribution in [3.63, 3.8) is 0 Å². The van der Waals surface area contributed by atoms with Crippen molar-refractivity contribution in [2.45, 2.75) is 40.0 Å². The summed E-state index contributed by atoms with van der Waals surface area (Å²) in [4.78, 5) is 0. The fourth-order valence-electron chi connectivity index (χ4n) is 2.34. The molecule has 22 heavy (non-hydrogen) atoms. The number of nitriles is 1. The van der Waals surface area contributed by atoms with E-state index in [1.807, 2.05) is 24.3 Å². The first kappa shape index (κ1) is 15.8.